The highest BCUT2D eigenvalue weighted by atomic mass is 16.5. The molecule has 2 amide bonds. The van der Waals surface area contributed by atoms with E-state index in [0.29, 0.717) is 48.0 Å². The van der Waals surface area contributed by atoms with Crippen molar-refractivity contribution in [2.24, 2.45) is 21.6 Å². The second-order valence-corrected chi connectivity index (χ2v) is 14.9. The van der Waals surface area contributed by atoms with E-state index in [0.717, 1.165) is 61.7 Å². The fourth-order valence-electron chi connectivity index (χ4n) is 7.39. The van der Waals surface area contributed by atoms with E-state index in [1.165, 1.54) is 12.8 Å². The zero-order chi connectivity index (χ0) is 42.7. The summed E-state index contributed by atoms with van der Waals surface area (Å²) in [6, 6.07) is 7.26. The van der Waals surface area contributed by atoms with Crippen molar-refractivity contribution in [3.8, 4) is 11.5 Å². The van der Waals surface area contributed by atoms with E-state index < -0.39 is 17.7 Å². The maximum atomic E-state index is 13.9. The van der Waals surface area contributed by atoms with Gasteiger partial charge in [0.05, 0.1) is 49.6 Å². The van der Waals surface area contributed by atoms with Crippen molar-refractivity contribution in [3.63, 3.8) is 0 Å². The van der Waals surface area contributed by atoms with Crippen LogP contribution in [0, 0.1) is 5.92 Å². The van der Waals surface area contributed by atoms with Crippen molar-refractivity contribution >= 4 is 46.9 Å². The highest BCUT2D eigenvalue weighted by molar-refractivity contribution is 5.93. The molecule has 58 heavy (non-hydrogen) atoms. The number of primary amides is 1. The van der Waals surface area contributed by atoms with Gasteiger partial charge in [0.15, 0.2) is 0 Å². The molecule has 2 saturated carbocycles. The Kier molecular flexibility index (Phi) is 19.9. The van der Waals surface area contributed by atoms with E-state index >= 15 is 0 Å². The number of unbranched alkanes of at least 4 members (excludes halogenated alkanes) is 3. The Morgan fingerprint density at radius 2 is 1.84 bits per heavy atom. The van der Waals surface area contributed by atoms with Crippen LogP contribution in [0.3, 0.4) is 0 Å². The number of carbonyl (C=O) groups excluding carboxylic acids is 3. The standard InChI is InChI=1S/C42H59N5O6.C2H6.CH3NO/c1-8-10-11-12-13-16-30-24-42(30,27-48)46-41(51-7)38-22-33(25-47(38)40(49)26-52-31-17-14-15-18-31)53-39-23-37(35(9-2)44-29(5)43-28(3)4)45-36-21-32(50-6)19-20-34(36)39;1-2;2-1-3/h9,13,16,19-21,23,27-28,30-31,33,38H,8,10-12,14-15,17-18,22,24-26H2,1-7H3,(H,43,44);1-2H3;1H,(H2,2,3)/b16-13-,35-9-,46-41?;;/t30?,33-,38?,42?;;/m1../s1. The Morgan fingerprint density at radius 1 is 1.12 bits per heavy atom. The van der Waals surface area contributed by atoms with Crippen LogP contribution in [0.4, 0.5) is 0 Å². The molecular weight excluding hydrogens is 737 g/mol. The minimum Gasteiger partial charge on any atom is -0.497 e. The number of pyridine rings is 1. The molecule has 3 fully saturated rings. The number of nitrogens with two attached hydrogens (primary N) is 1. The fraction of sp³-hybridized carbons (Fsp3) is 0.600. The number of amides is 2. The minimum atomic E-state index is -0.886. The molecule has 2 aromatic rings. The van der Waals surface area contributed by atoms with Crippen molar-refractivity contribution in [1.29, 1.82) is 0 Å². The van der Waals surface area contributed by atoms with Crippen molar-refractivity contribution in [3.05, 3.63) is 48.2 Å². The predicted molar refractivity (Wildman–Crippen MR) is 232 cm³/mol. The molecule has 1 aliphatic heterocycles. The molecule has 3 aliphatic rings. The van der Waals surface area contributed by atoms with Gasteiger partial charge in [-0.05, 0) is 71.9 Å². The van der Waals surface area contributed by atoms with E-state index in [9.17, 15) is 9.59 Å². The number of aromatic nitrogens is 1. The predicted octanol–water partition coefficient (Wildman–Crippen LogP) is 7.59. The Morgan fingerprint density at radius 3 is 2.47 bits per heavy atom. The van der Waals surface area contributed by atoms with Crippen molar-refractivity contribution < 1.29 is 33.3 Å². The lowest BCUT2D eigenvalue weighted by molar-refractivity contribution is -0.138. The van der Waals surface area contributed by atoms with E-state index in [-0.39, 0.29) is 37.0 Å². The minimum absolute atomic E-state index is 0.0114. The van der Waals surface area contributed by atoms with Crippen molar-refractivity contribution in [1.82, 2.24) is 15.2 Å². The number of methoxy groups -OCH3 is 2. The molecule has 0 radical (unpaired) electrons. The number of hydrogen-bond donors (Lipinski definition) is 2. The van der Waals surface area contributed by atoms with Crippen molar-refractivity contribution in [2.75, 3.05) is 27.4 Å². The number of allylic oxidation sites excluding steroid dienone is 2. The third kappa shape index (κ3) is 13.4. The lowest BCUT2D eigenvalue weighted by Gasteiger charge is -2.26. The van der Waals surface area contributed by atoms with Crippen LogP contribution in [-0.4, -0.2) is 97.4 Å². The number of likely N-dealkylation sites (tertiary alicyclic amines) is 1. The molecule has 4 atom stereocenters. The van der Waals surface area contributed by atoms with Gasteiger partial charge >= 0.3 is 0 Å². The molecule has 0 spiro atoms. The van der Waals surface area contributed by atoms with Gasteiger partial charge in [0.1, 0.15) is 42.1 Å². The highest BCUT2D eigenvalue weighted by Gasteiger charge is 2.55. The maximum absolute atomic E-state index is 13.9. The summed E-state index contributed by atoms with van der Waals surface area (Å²) in [4.78, 5) is 51.3. The highest BCUT2D eigenvalue weighted by Crippen LogP contribution is 2.47. The third-order valence-electron chi connectivity index (χ3n) is 10.3. The Bertz CT molecular complexity index is 1750. The first-order valence-electron chi connectivity index (χ1n) is 21.0. The van der Waals surface area contributed by atoms with Crippen molar-refractivity contribution in [2.45, 2.75) is 143 Å². The van der Waals surface area contributed by atoms with E-state index in [1.54, 1.807) is 19.1 Å². The SMILES string of the molecule is C/C=C(\NC(C)=NC(C)C)c1cc(O[C@@H]2CC(C(=NC3(C=O)CC3/C=C\CCCCC)OC)N(C(=O)COC3CCCC3)C2)c2ccc(OC)cc2n1.CC.NC=O. The molecule has 1 aromatic carbocycles. The average molecular weight is 805 g/mol. The average Bonchev–Trinajstić information content (AvgIpc) is 3.49. The number of amidine groups is 1. The van der Waals surface area contributed by atoms with Gasteiger partial charge in [-0.3, -0.25) is 14.6 Å². The van der Waals surface area contributed by atoms with Gasteiger partial charge < -0.3 is 39.7 Å². The lowest BCUT2D eigenvalue weighted by Crippen LogP contribution is -2.44. The Hall–Kier alpha value is -4.78. The molecule has 1 saturated heterocycles. The van der Waals surface area contributed by atoms with Gasteiger partial charge in [-0.15, -0.1) is 0 Å². The molecule has 13 heteroatoms. The number of ether oxygens (including phenoxy) is 4. The molecule has 320 valence electrons. The summed E-state index contributed by atoms with van der Waals surface area (Å²) in [5.74, 6) is 2.32. The van der Waals surface area contributed by atoms with Crippen LogP contribution in [0.25, 0.3) is 16.6 Å². The van der Waals surface area contributed by atoms with E-state index in [4.69, 9.17) is 33.7 Å². The van der Waals surface area contributed by atoms with E-state index in [2.05, 4.69) is 35.1 Å². The van der Waals surface area contributed by atoms with Gasteiger partial charge in [-0.2, -0.15) is 0 Å². The normalized spacial score (nSPS) is 22.3. The number of nitrogens with one attached hydrogen (secondary N) is 1. The first-order chi connectivity index (χ1) is 28.0. The van der Waals surface area contributed by atoms with Crippen LogP contribution in [0.2, 0.25) is 0 Å². The molecular formula is C45H68N6O7. The van der Waals surface area contributed by atoms with Crippen LogP contribution in [0.15, 0.2) is 52.5 Å². The van der Waals surface area contributed by atoms with Crippen LogP contribution in [-0.2, 0) is 23.9 Å². The largest absolute Gasteiger partial charge is 0.497 e. The molecule has 2 aliphatic carbocycles. The summed E-state index contributed by atoms with van der Waals surface area (Å²) in [6.45, 7) is 14.4. The van der Waals surface area contributed by atoms with Gasteiger partial charge in [0.2, 0.25) is 18.2 Å². The van der Waals surface area contributed by atoms with Crippen LogP contribution in [0.5, 0.6) is 11.5 Å². The second kappa shape index (κ2) is 24.2. The maximum Gasteiger partial charge on any atom is 0.249 e. The first-order valence-corrected chi connectivity index (χ1v) is 21.0. The monoisotopic (exact) mass is 805 g/mol. The Balaban J connectivity index is 0.00000172. The number of aldehydes is 1. The lowest BCUT2D eigenvalue weighted by atomic mass is 10.1. The Labute approximate surface area is 345 Å². The van der Waals surface area contributed by atoms with Crippen LogP contribution >= 0.6 is 0 Å². The fourth-order valence-corrected chi connectivity index (χ4v) is 7.39. The van der Waals surface area contributed by atoms with E-state index in [1.807, 2.05) is 71.9 Å². The van der Waals surface area contributed by atoms with Crippen LogP contribution in [0.1, 0.15) is 118 Å². The summed E-state index contributed by atoms with van der Waals surface area (Å²) in [7, 11) is 3.19. The topological polar surface area (TPSA) is 167 Å². The summed E-state index contributed by atoms with van der Waals surface area (Å²) in [6.07, 6.45) is 16.8. The zero-order valence-corrected chi connectivity index (χ0v) is 36.3. The molecule has 0 bridgehead atoms. The first kappa shape index (κ1) is 47.6. The third-order valence-corrected chi connectivity index (χ3v) is 10.3. The summed E-state index contributed by atoms with van der Waals surface area (Å²) in [5, 5.41) is 4.22. The number of carbonyl (C=O) groups is 3. The molecule has 2 heterocycles. The van der Waals surface area contributed by atoms with Gasteiger partial charge in [0.25, 0.3) is 0 Å². The number of nitrogens with zero attached hydrogens (tertiary/aromatic N) is 4. The quantitative estimate of drug-likeness (QED) is 0.0538. The number of hydrogen-bond acceptors (Lipinski definition) is 10. The summed E-state index contributed by atoms with van der Waals surface area (Å²) < 4.78 is 24.4. The smallest absolute Gasteiger partial charge is 0.249 e. The molecule has 3 unspecified atom stereocenters. The number of aliphatic imine (C=N–C) groups is 2. The summed E-state index contributed by atoms with van der Waals surface area (Å²) >= 11 is 0. The van der Waals surface area contributed by atoms with Gasteiger partial charge in [-0.25, -0.2) is 9.98 Å². The zero-order valence-electron chi connectivity index (χ0n) is 36.3. The second-order valence-electron chi connectivity index (χ2n) is 14.9. The number of rotatable bonds is 17. The molecule has 3 N–H and O–H groups in total. The molecule has 1 aromatic heterocycles. The number of benzene rings is 1. The summed E-state index contributed by atoms with van der Waals surface area (Å²) in [5.41, 5.74) is 5.46. The van der Waals surface area contributed by atoms with Crippen LogP contribution < -0.4 is 20.5 Å². The van der Waals surface area contributed by atoms with Gasteiger partial charge in [-0.1, -0.05) is 64.7 Å². The van der Waals surface area contributed by atoms with Gasteiger partial charge in [0, 0.05) is 35.9 Å². The molecule has 13 nitrogen and oxygen atoms in total. The molecule has 5 rings (SSSR count). The number of fused-ring (bicyclic) bond motifs is 1.